The molecule has 1 aliphatic rings. The predicted octanol–water partition coefficient (Wildman–Crippen LogP) is 5.42. The molecule has 0 spiro atoms. The Hall–Kier alpha value is 0.0800. The SMILES string of the molecule is CCN1C(CSc2cccs2)NCN1SCc1c(Cl)cccc1Cl. The van der Waals surface area contributed by atoms with Gasteiger partial charge in [0.2, 0.25) is 0 Å². The van der Waals surface area contributed by atoms with Crippen molar-refractivity contribution in [3.63, 3.8) is 0 Å². The summed E-state index contributed by atoms with van der Waals surface area (Å²) >= 11 is 18.0. The van der Waals surface area contributed by atoms with Gasteiger partial charge in [-0.15, -0.1) is 23.1 Å². The minimum atomic E-state index is 0.344. The summed E-state index contributed by atoms with van der Waals surface area (Å²) in [7, 11) is 0. The first-order valence-corrected chi connectivity index (χ1v) is 11.2. The summed E-state index contributed by atoms with van der Waals surface area (Å²) in [4.78, 5) is 0. The highest BCUT2D eigenvalue weighted by Crippen LogP contribution is 2.32. The zero-order valence-corrected chi connectivity index (χ0v) is 17.2. The summed E-state index contributed by atoms with van der Waals surface area (Å²) in [5, 5.41) is 9.54. The van der Waals surface area contributed by atoms with E-state index in [1.807, 2.05) is 30.0 Å². The van der Waals surface area contributed by atoms with E-state index in [2.05, 4.69) is 39.2 Å². The van der Waals surface area contributed by atoms with E-state index < -0.39 is 0 Å². The number of thioether (sulfide) groups is 1. The Kier molecular flexibility index (Phi) is 7.18. The number of rotatable bonds is 7. The van der Waals surface area contributed by atoms with E-state index in [0.717, 1.165) is 40.3 Å². The van der Waals surface area contributed by atoms with Gasteiger partial charge < -0.3 is 0 Å². The van der Waals surface area contributed by atoms with Crippen LogP contribution in [0.3, 0.4) is 0 Å². The first-order chi connectivity index (χ1) is 11.7. The topological polar surface area (TPSA) is 18.5 Å². The monoisotopic (exact) mass is 419 g/mol. The van der Waals surface area contributed by atoms with E-state index in [4.69, 9.17) is 23.2 Å². The summed E-state index contributed by atoms with van der Waals surface area (Å²) in [6, 6.07) is 9.94. The minimum Gasteiger partial charge on any atom is -0.285 e. The Morgan fingerprint density at radius 1 is 1.25 bits per heavy atom. The van der Waals surface area contributed by atoms with Crippen molar-refractivity contribution < 1.29 is 0 Å². The fourth-order valence-corrected chi connectivity index (χ4v) is 6.19. The highest BCUT2D eigenvalue weighted by atomic mass is 35.5. The molecule has 1 saturated heterocycles. The highest BCUT2D eigenvalue weighted by molar-refractivity contribution is 8.01. The van der Waals surface area contributed by atoms with Crippen LogP contribution in [0.1, 0.15) is 12.5 Å². The molecule has 130 valence electrons. The molecule has 1 N–H and O–H groups in total. The molecule has 0 amide bonds. The molecule has 1 aliphatic heterocycles. The van der Waals surface area contributed by atoms with Crippen LogP contribution in [-0.2, 0) is 5.75 Å². The fourth-order valence-electron chi connectivity index (χ4n) is 2.49. The molecule has 0 bridgehead atoms. The Bertz CT molecular complexity index is 634. The molecule has 0 aliphatic carbocycles. The third kappa shape index (κ3) is 4.62. The molecule has 3 nitrogen and oxygen atoms in total. The average molecular weight is 420 g/mol. The fraction of sp³-hybridized carbons (Fsp3) is 0.375. The third-order valence-corrected chi connectivity index (χ3v) is 7.70. The molecule has 1 atom stereocenters. The molecule has 3 rings (SSSR count). The normalized spacial score (nSPS) is 19.2. The van der Waals surface area contributed by atoms with Gasteiger partial charge in [-0.25, -0.2) is 5.01 Å². The third-order valence-electron chi connectivity index (χ3n) is 3.73. The van der Waals surface area contributed by atoms with Crippen molar-refractivity contribution in [3.05, 3.63) is 51.3 Å². The molecule has 1 unspecified atom stereocenters. The average Bonchev–Trinajstić information content (AvgIpc) is 3.21. The van der Waals surface area contributed by atoms with Gasteiger partial charge in [-0.2, -0.15) is 4.41 Å². The quantitative estimate of drug-likeness (QED) is 0.475. The van der Waals surface area contributed by atoms with Crippen LogP contribution in [-0.4, -0.2) is 34.6 Å². The smallest absolute Gasteiger partial charge is 0.0850 e. The second-order valence-corrected chi connectivity index (χ2v) is 9.25. The van der Waals surface area contributed by atoms with Crippen LogP contribution in [0.25, 0.3) is 0 Å². The first kappa shape index (κ1) is 18.9. The van der Waals surface area contributed by atoms with Gasteiger partial charge in [0, 0.05) is 33.7 Å². The van der Waals surface area contributed by atoms with Crippen LogP contribution >= 0.6 is 58.2 Å². The predicted molar refractivity (Wildman–Crippen MR) is 109 cm³/mol. The molecular formula is C16H19Cl2N3S3. The molecule has 2 heterocycles. The Balaban J connectivity index is 1.56. The number of hydrogen-bond acceptors (Lipinski definition) is 6. The molecule has 0 saturated carbocycles. The first-order valence-electron chi connectivity index (χ1n) is 7.68. The lowest BCUT2D eigenvalue weighted by Crippen LogP contribution is -2.41. The van der Waals surface area contributed by atoms with Crippen LogP contribution in [0, 0.1) is 0 Å². The molecule has 8 heteroatoms. The molecule has 2 aromatic rings. The zero-order chi connectivity index (χ0) is 16.9. The number of halogens is 2. The van der Waals surface area contributed by atoms with Gasteiger partial charge in [-0.05, 0) is 23.6 Å². The van der Waals surface area contributed by atoms with E-state index in [1.54, 1.807) is 23.3 Å². The summed E-state index contributed by atoms with van der Waals surface area (Å²) in [5.74, 6) is 1.79. The maximum absolute atomic E-state index is 6.27. The number of nitrogens with zero attached hydrogens (tertiary/aromatic N) is 2. The standard InChI is InChI=1S/C16H19Cl2N3S3/c1-2-20-15(10-23-16-7-4-8-22-16)19-11-21(20)24-9-12-13(17)5-3-6-14(12)18/h3-8,15,19H,2,9-11H2,1H3. The number of thiophene rings is 1. The largest absolute Gasteiger partial charge is 0.285 e. The van der Waals surface area contributed by atoms with E-state index in [1.165, 1.54) is 4.21 Å². The zero-order valence-electron chi connectivity index (χ0n) is 13.2. The van der Waals surface area contributed by atoms with Crippen molar-refractivity contribution in [2.45, 2.75) is 23.1 Å². The maximum atomic E-state index is 6.27. The van der Waals surface area contributed by atoms with Gasteiger partial charge in [0.15, 0.2) is 0 Å². The van der Waals surface area contributed by atoms with Crippen molar-refractivity contribution in [3.8, 4) is 0 Å². The van der Waals surface area contributed by atoms with Gasteiger partial charge in [0.1, 0.15) is 0 Å². The molecule has 0 radical (unpaired) electrons. The molecule has 1 aromatic heterocycles. The van der Waals surface area contributed by atoms with Crippen LogP contribution < -0.4 is 5.32 Å². The summed E-state index contributed by atoms with van der Waals surface area (Å²) < 4.78 is 3.64. The van der Waals surface area contributed by atoms with E-state index in [9.17, 15) is 0 Å². The number of hydrazine groups is 1. The number of benzene rings is 1. The Morgan fingerprint density at radius 3 is 2.71 bits per heavy atom. The van der Waals surface area contributed by atoms with Crippen molar-refractivity contribution in [1.82, 2.24) is 14.7 Å². The van der Waals surface area contributed by atoms with Crippen LogP contribution in [0.5, 0.6) is 0 Å². The highest BCUT2D eigenvalue weighted by Gasteiger charge is 2.30. The molecule has 1 fully saturated rings. The lowest BCUT2D eigenvalue weighted by Gasteiger charge is -2.28. The van der Waals surface area contributed by atoms with Crippen molar-refractivity contribution in [2.24, 2.45) is 0 Å². The van der Waals surface area contributed by atoms with E-state index in [-0.39, 0.29) is 0 Å². The number of hydrogen-bond donors (Lipinski definition) is 1. The minimum absolute atomic E-state index is 0.344. The Morgan fingerprint density at radius 2 is 2.04 bits per heavy atom. The van der Waals surface area contributed by atoms with Crippen LogP contribution in [0.2, 0.25) is 10.0 Å². The van der Waals surface area contributed by atoms with Gasteiger partial charge in [-0.3, -0.25) is 5.32 Å². The Labute approximate surface area is 165 Å². The molecule has 1 aromatic carbocycles. The van der Waals surface area contributed by atoms with Gasteiger partial charge in [0.25, 0.3) is 0 Å². The second kappa shape index (κ2) is 9.14. The summed E-state index contributed by atoms with van der Waals surface area (Å²) in [5.41, 5.74) is 0.998. The van der Waals surface area contributed by atoms with Crippen LogP contribution in [0.4, 0.5) is 0 Å². The maximum Gasteiger partial charge on any atom is 0.0850 e. The van der Waals surface area contributed by atoms with E-state index >= 15 is 0 Å². The number of nitrogens with one attached hydrogen (secondary N) is 1. The lowest BCUT2D eigenvalue weighted by atomic mass is 10.2. The molecular weight excluding hydrogens is 401 g/mol. The summed E-state index contributed by atoms with van der Waals surface area (Å²) in [6.45, 7) is 3.98. The van der Waals surface area contributed by atoms with Gasteiger partial charge in [-0.1, -0.05) is 54.2 Å². The van der Waals surface area contributed by atoms with E-state index in [0.29, 0.717) is 6.17 Å². The summed E-state index contributed by atoms with van der Waals surface area (Å²) in [6.07, 6.45) is 0.344. The lowest BCUT2D eigenvalue weighted by molar-refractivity contribution is 0.104. The van der Waals surface area contributed by atoms with Crippen molar-refractivity contribution in [1.29, 1.82) is 0 Å². The van der Waals surface area contributed by atoms with Crippen molar-refractivity contribution >= 4 is 58.2 Å². The van der Waals surface area contributed by atoms with Crippen LogP contribution in [0.15, 0.2) is 39.9 Å². The van der Waals surface area contributed by atoms with Crippen molar-refractivity contribution in [2.75, 3.05) is 19.0 Å². The second-order valence-electron chi connectivity index (χ2n) is 5.20. The van der Waals surface area contributed by atoms with Gasteiger partial charge >= 0.3 is 0 Å². The molecule has 24 heavy (non-hydrogen) atoms. The van der Waals surface area contributed by atoms with Gasteiger partial charge in [0.05, 0.1) is 17.0 Å².